The highest BCUT2D eigenvalue weighted by molar-refractivity contribution is 6.88. The summed E-state index contributed by atoms with van der Waals surface area (Å²) in [6.45, 7) is 7.21. The van der Waals surface area contributed by atoms with Crippen molar-refractivity contribution in [1.82, 2.24) is 15.0 Å². The van der Waals surface area contributed by atoms with Gasteiger partial charge in [-0.2, -0.15) is 0 Å². The lowest BCUT2D eigenvalue weighted by Gasteiger charge is -2.34. The molecule has 0 unspecified atom stereocenters. The first kappa shape index (κ1) is 37.3. The van der Waals surface area contributed by atoms with Crippen molar-refractivity contribution in [3.63, 3.8) is 0 Å². The van der Waals surface area contributed by atoms with E-state index >= 15 is 0 Å². The molecule has 4 heteroatoms. The molecule has 9 aromatic rings. The Balaban J connectivity index is 1.10. The third-order valence-corrected chi connectivity index (χ3v) is 15.2. The van der Waals surface area contributed by atoms with Crippen LogP contribution in [0.2, 0.25) is 19.6 Å². The van der Waals surface area contributed by atoms with Crippen LogP contribution in [0.3, 0.4) is 0 Å². The van der Waals surface area contributed by atoms with Crippen LogP contribution < -0.4 is 5.19 Å². The summed E-state index contributed by atoms with van der Waals surface area (Å²) in [5.41, 5.74) is 15.9. The van der Waals surface area contributed by atoms with Gasteiger partial charge in [-0.25, -0.2) is 15.0 Å². The Morgan fingerprint density at radius 3 is 1.66 bits per heavy atom. The zero-order valence-corrected chi connectivity index (χ0v) is 36.0. The van der Waals surface area contributed by atoms with Gasteiger partial charge >= 0.3 is 0 Å². The van der Waals surface area contributed by atoms with E-state index in [0.29, 0.717) is 11.6 Å². The van der Waals surface area contributed by atoms with Gasteiger partial charge in [-0.3, -0.25) is 0 Å². The molecule has 294 valence electrons. The summed E-state index contributed by atoms with van der Waals surface area (Å²) in [6, 6.07) is 66.9. The first-order chi connectivity index (χ1) is 29.9. The smallest absolute Gasteiger partial charge is 0.164 e. The van der Waals surface area contributed by atoms with E-state index in [1.165, 1.54) is 71.6 Å². The number of aromatic nitrogens is 3. The molecule has 2 aliphatic rings. The maximum Gasteiger partial charge on any atom is 0.164 e. The summed E-state index contributed by atoms with van der Waals surface area (Å²) in [5, 5.41) is 3.92. The molecule has 0 radical (unpaired) electrons. The van der Waals surface area contributed by atoms with Gasteiger partial charge in [0, 0.05) is 16.7 Å². The molecule has 3 nitrogen and oxygen atoms in total. The van der Waals surface area contributed by atoms with Crippen LogP contribution >= 0.6 is 0 Å². The fraction of sp³-hybridized carbons (Fsp3) is 0.140. The SMILES string of the molecule is C[Si](C)(C)c1ccc2cc(-c3nc(-c4ccccc4)nc(-c4ccc(-c5cccc6c5-c5ccccc5C6(c5ccccc5)c5ccccc5)c5c4CCCC5)n3)ccc2c1. The zero-order chi connectivity index (χ0) is 41.1. The van der Waals surface area contributed by atoms with E-state index in [1.54, 1.807) is 0 Å². The average Bonchev–Trinajstić information content (AvgIpc) is 3.62. The largest absolute Gasteiger partial charge is 0.208 e. The van der Waals surface area contributed by atoms with Crippen molar-refractivity contribution in [3.05, 3.63) is 215 Å². The highest BCUT2D eigenvalue weighted by Gasteiger charge is 2.47. The monoisotopic (exact) mass is 801 g/mol. The Labute approximate surface area is 359 Å². The van der Waals surface area contributed by atoms with Crippen LogP contribution in [-0.2, 0) is 18.3 Å². The second kappa shape index (κ2) is 14.8. The predicted octanol–water partition coefficient (Wildman–Crippen LogP) is 13.5. The highest BCUT2D eigenvalue weighted by atomic mass is 28.3. The van der Waals surface area contributed by atoms with Crippen LogP contribution in [0.4, 0.5) is 0 Å². The molecule has 0 saturated heterocycles. The number of rotatable bonds is 7. The Morgan fingerprint density at radius 1 is 0.410 bits per heavy atom. The van der Waals surface area contributed by atoms with Gasteiger partial charge in [-0.15, -0.1) is 0 Å². The third-order valence-electron chi connectivity index (χ3n) is 13.2. The maximum atomic E-state index is 5.33. The summed E-state index contributed by atoms with van der Waals surface area (Å²) in [5.74, 6) is 2.13. The molecular formula is C57H47N3Si. The van der Waals surface area contributed by atoms with E-state index in [2.05, 4.69) is 196 Å². The summed E-state index contributed by atoms with van der Waals surface area (Å²) in [7, 11) is -1.44. The van der Waals surface area contributed by atoms with Gasteiger partial charge in [-0.1, -0.05) is 201 Å². The van der Waals surface area contributed by atoms with Crippen LogP contribution in [0.15, 0.2) is 182 Å². The normalized spacial score (nSPS) is 14.0. The minimum absolute atomic E-state index is 0.445. The number of nitrogens with zero attached hydrogens (tertiary/aromatic N) is 3. The molecule has 61 heavy (non-hydrogen) atoms. The van der Waals surface area contributed by atoms with Crippen molar-refractivity contribution in [2.75, 3.05) is 0 Å². The van der Waals surface area contributed by atoms with Crippen LogP contribution in [0.1, 0.15) is 46.2 Å². The molecule has 0 aliphatic heterocycles. The molecule has 11 rings (SSSR count). The van der Waals surface area contributed by atoms with Gasteiger partial charge in [0.1, 0.15) is 0 Å². The van der Waals surface area contributed by atoms with Crippen molar-refractivity contribution in [3.8, 4) is 56.4 Å². The summed E-state index contributed by atoms with van der Waals surface area (Å²) >= 11 is 0. The van der Waals surface area contributed by atoms with E-state index in [4.69, 9.17) is 15.0 Å². The Hall–Kier alpha value is -6.75. The number of hydrogen-bond acceptors (Lipinski definition) is 3. The fourth-order valence-electron chi connectivity index (χ4n) is 10.2. The van der Waals surface area contributed by atoms with Crippen molar-refractivity contribution < 1.29 is 0 Å². The highest BCUT2D eigenvalue weighted by Crippen LogP contribution is 2.58. The van der Waals surface area contributed by atoms with Gasteiger partial charge in [0.05, 0.1) is 13.5 Å². The second-order valence-electron chi connectivity index (χ2n) is 17.8. The number of benzene rings is 8. The molecule has 0 atom stereocenters. The van der Waals surface area contributed by atoms with Crippen molar-refractivity contribution >= 4 is 24.0 Å². The first-order valence-electron chi connectivity index (χ1n) is 21.7. The standard InChI is InChI=1S/C57H47N3Si/c1-61(2,3)44-33-32-39-36-41(31-30-40(39)37-44)55-58-54(38-18-7-4-8-19-38)59-56(60-55)49-35-34-47(45-24-13-14-25-46(45)49)48-27-17-29-52-53(48)50-26-15-16-28-51(50)57(52,42-20-9-5-10-21-42)43-22-11-6-12-23-43/h4-12,15-23,26-37H,13-14,24-25H2,1-3H3. The average molecular weight is 802 g/mol. The Morgan fingerprint density at radius 2 is 0.951 bits per heavy atom. The van der Waals surface area contributed by atoms with Gasteiger partial charge in [-0.05, 0) is 98.2 Å². The van der Waals surface area contributed by atoms with Gasteiger partial charge in [0.25, 0.3) is 0 Å². The van der Waals surface area contributed by atoms with Crippen molar-refractivity contribution in [2.24, 2.45) is 0 Å². The van der Waals surface area contributed by atoms with E-state index in [0.717, 1.165) is 48.2 Å². The quantitative estimate of drug-likeness (QED) is 0.151. The second-order valence-corrected chi connectivity index (χ2v) is 22.9. The Kier molecular flexibility index (Phi) is 9.01. The topological polar surface area (TPSA) is 38.7 Å². The predicted molar refractivity (Wildman–Crippen MR) is 256 cm³/mol. The minimum atomic E-state index is -1.44. The van der Waals surface area contributed by atoms with Gasteiger partial charge in [0.15, 0.2) is 17.5 Å². The lowest BCUT2D eigenvalue weighted by Crippen LogP contribution is -2.37. The fourth-order valence-corrected chi connectivity index (χ4v) is 11.4. The molecule has 1 heterocycles. The first-order valence-corrected chi connectivity index (χ1v) is 25.2. The molecule has 0 spiro atoms. The minimum Gasteiger partial charge on any atom is -0.208 e. The molecule has 0 fully saturated rings. The summed E-state index contributed by atoms with van der Waals surface area (Å²) in [6.07, 6.45) is 4.29. The van der Waals surface area contributed by atoms with Crippen molar-refractivity contribution in [1.29, 1.82) is 0 Å². The van der Waals surface area contributed by atoms with E-state index in [-0.39, 0.29) is 0 Å². The Bertz CT molecular complexity index is 3070. The van der Waals surface area contributed by atoms with Gasteiger partial charge < -0.3 is 0 Å². The zero-order valence-electron chi connectivity index (χ0n) is 35.0. The molecule has 0 amide bonds. The molecule has 2 aliphatic carbocycles. The van der Waals surface area contributed by atoms with E-state index in [9.17, 15) is 0 Å². The van der Waals surface area contributed by atoms with Crippen LogP contribution in [-0.4, -0.2) is 23.0 Å². The number of fused-ring (bicyclic) bond motifs is 5. The van der Waals surface area contributed by atoms with Crippen LogP contribution in [0, 0.1) is 0 Å². The lowest BCUT2D eigenvalue weighted by molar-refractivity contribution is 0.687. The molecule has 0 saturated carbocycles. The molecule has 0 N–H and O–H groups in total. The summed E-state index contributed by atoms with van der Waals surface area (Å²) in [4.78, 5) is 15.7. The molecule has 8 aromatic carbocycles. The van der Waals surface area contributed by atoms with Crippen LogP contribution in [0.25, 0.3) is 67.2 Å². The van der Waals surface area contributed by atoms with Crippen molar-refractivity contribution in [2.45, 2.75) is 50.7 Å². The maximum absolute atomic E-state index is 5.33. The third kappa shape index (κ3) is 6.19. The van der Waals surface area contributed by atoms with E-state index < -0.39 is 13.5 Å². The number of hydrogen-bond donors (Lipinski definition) is 0. The van der Waals surface area contributed by atoms with Crippen LogP contribution in [0.5, 0.6) is 0 Å². The lowest BCUT2D eigenvalue weighted by atomic mass is 9.67. The van der Waals surface area contributed by atoms with E-state index in [1.807, 2.05) is 6.07 Å². The summed E-state index contributed by atoms with van der Waals surface area (Å²) < 4.78 is 0. The molecular weight excluding hydrogens is 755 g/mol. The molecule has 1 aromatic heterocycles. The molecule has 0 bridgehead atoms. The van der Waals surface area contributed by atoms with Gasteiger partial charge in [0.2, 0.25) is 0 Å².